The van der Waals surface area contributed by atoms with E-state index in [2.05, 4.69) is 34.4 Å². The number of rotatable bonds is 4. The summed E-state index contributed by atoms with van der Waals surface area (Å²) >= 11 is 0. The van der Waals surface area contributed by atoms with Crippen LogP contribution in [-0.2, 0) is 6.54 Å². The Kier molecular flexibility index (Phi) is 3.83. The lowest BCUT2D eigenvalue weighted by atomic mass is 10.3. The summed E-state index contributed by atoms with van der Waals surface area (Å²) < 4.78 is 0. The molecule has 0 radical (unpaired) electrons. The molecular formula is C10H18N4. The molecule has 1 rings (SSSR count). The number of hydrogen-bond acceptors (Lipinski definition) is 4. The molecule has 0 saturated heterocycles. The van der Waals surface area contributed by atoms with Crippen molar-refractivity contribution in [2.75, 3.05) is 12.4 Å². The van der Waals surface area contributed by atoms with Crippen LogP contribution in [-0.4, -0.2) is 23.1 Å². The van der Waals surface area contributed by atoms with Crippen molar-refractivity contribution in [1.29, 1.82) is 0 Å². The fourth-order valence-corrected chi connectivity index (χ4v) is 1.14. The molecule has 4 heteroatoms. The van der Waals surface area contributed by atoms with Gasteiger partial charge in [0, 0.05) is 25.3 Å². The number of nitrogens with one attached hydrogen (secondary N) is 2. The number of anilines is 1. The average molecular weight is 194 g/mol. The Bertz CT molecular complexity index is 296. The van der Waals surface area contributed by atoms with Gasteiger partial charge in [-0.05, 0) is 13.0 Å². The number of nitrogens with zero attached hydrogens (tertiary/aromatic N) is 2. The molecule has 0 spiro atoms. The first-order chi connectivity index (χ1) is 6.61. The monoisotopic (exact) mass is 194 g/mol. The van der Waals surface area contributed by atoms with E-state index in [1.807, 2.05) is 20.0 Å². The third-order valence-electron chi connectivity index (χ3n) is 1.82. The first-order valence-electron chi connectivity index (χ1n) is 4.87. The van der Waals surface area contributed by atoms with Crippen LogP contribution in [0.1, 0.15) is 25.2 Å². The van der Waals surface area contributed by atoms with Crippen LogP contribution in [0.15, 0.2) is 6.07 Å². The Hall–Kier alpha value is -1.16. The van der Waals surface area contributed by atoms with Gasteiger partial charge in [-0.25, -0.2) is 9.97 Å². The maximum Gasteiger partial charge on any atom is 0.222 e. The standard InChI is InChI=1S/C10H18N4/c1-7(2)12-6-9-5-8(3)13-10(11-4)14-9/h5,7,12H,6H2,1-4H3,(H,11,13,14). The summed E-state index contributed by atoms with van der Waals surface area (Å²) in [6.45, 7) is 7.00. The SMILES string of the molecule is CNc1nc(C)cc(CNC(C)C)n1. The van der Waals surface area contributed by atoms with Crippen molar-refractivity contribution < 1.29 is 0 Å². The second-order valence-electron chi connectivity index (χ2n) is 3.61. The molecule has 78 valence electrons. The minimum absolute atomic E-state index is 0.475. The van der Waals surface area contributed by atoms with Crippen LogP contribution in [0.3, 0.4) is 0 Å². The third kappa shape index (κ3) is 3.30. The van der Waals surface area contributed by atoms with Crippen LogP contribution in [0.5, 0.6) is 0 Å². The third-order valence-corrected chi connectivity index (χ3v) is 1.82. The highest BCUT2D eigenvalue weighted by Gasteiger charge is 2.01. The summed E-state index contributed by atoms with van der Waals surface area (Å²) in [7, 11) is 1.83. The Morgan fingerprint density at radius 2 is 2.07 bits per heavy atom. The van der Waals surface area contributed by atoms with Gasteiger partial charge in [-0.2, -0.15) is 0 Å². The van der Waals surface area contributed by atoms with Crippen molar-refractivity contribution in [3.63, 3.8) is 0 Å². The fraction of sp³-hybridized carbons (Fsp3) is 0.600. The molecule has 0 aliphatic carbocycles. The molecule has 14 heavy (non-hydrogen) atoms. The van der Waals surface area contributed by atoms with Crippen molar-refractivity contribution in [2.24, 2.45) is 0 Å². The highest BCUT2D eigenvalue weighted by Crippen LogP contribution is 2.03. The maximum absolute atomic E-state index is 4.34. The molecule has 0 saturated carbocycles. The average Bonchev–Trinajstić information content (AvgIpc) is 2.14. The van der Waals surface area contributed by atoms with E-state index in [0.717, 1.165) is 17.9 Å². The maximum atomic E-state index is 4.34. The first-order valence-corrected chi connectivity index (χ1v) is 4.87. The highest BCUT2D eigenvalue weighted by atomic mass is 15.1. The van der Waals surface area contributed by atoms with Crippen LogP contribution < -0.4 is 10.6 Å². The summed E-state index contributed by atoms with van der Waals surface area (Å²) in [5, 5.41) is 6.27. The van der Waals surface area contributed by atoms with Gasteiger partial charge in [-0.1, -0.05) is 13.8 Å². The van der Waals surface area contributed by atoms with Gasteiger partial charge in [0.1, 0.15) is 0 Å². The summed E-state index contributed by atoms with van der Waals surface area (Å²) in [5.74, 6) is 0.686. The smallest absolute Gasteiger partial charge is 0.222 e. The second-order valence-corrected chi connectivity index (χ2v) is 3.61. The van der Waals surface area contributed by atoms with Gasteiger partial charge < -0.3 is 10.6 Å². The zero-order valence-electron chi connectivity index (χ0n) is 9.26. The lowest BCUT2D eigenvalue weighted by molar-refractivity contribution is 0.580. The molecule has 1 aromatic heterocycles. The van der Waals surface area contributed by atoms with Gasteiger partial charge >= 0.3 is 0 Å². The zero-order valence-corrected chi connectivity index (χ0v) is 9.26. The van der Waals surface area contributed by atoms with Gasteiger partial charge in [-0.3, -0.25) is 0 Å². The van der Waals surface area contributed by atoms with Gasteiger partial charge in [0.2, 0.25) is 5.95 Å². The summed E-state index contributed by atoms with van der Waals surface area (Å²) in [5.41, 5.74) is 2.01. The highest BCUT2D eigenvalue weighted by molar-refractivity contribution is 5.26. The Labute approximate surface area is 85.2 Å². The molecule has 1 aromatic rings. The number of aromatic nitrogens is 2. The topological polar surface area (TPSA) is 49.8 Å². The van der Waals surface area contributed by atoms with Crippen molar-refractivity contribution in [1.82, 2.24) is 15.3 Å². The summed E-state index contributed by atoms with van der Waals surface area (Å²) in [6, 6.07) is 2.47. The fourth-order valence-electron chi connectivity index (χ4n) is 1.14. The minimum Gasteiger partial charge on any atom is -0.357 e. The lowest BCUT2D eigenvalue weighted by Crippen LogP contribution is -2.22. The van der Waals surface area contributed by atoms with E-state index >= 15 is 0 Å². The van der Waals surface area contributed by atoms with Gasteiger partial charge in [0.15, 0.2) is 0 Å². The quantitative estimate of drug-likeness (QED) is 0.759. The molecule has 0 aromatic carbocycles. The number of hydrogen-bond donors (Lipinski definition) is 2. The van der Waals surface area contributed by atoms with Gasteiger partial charge in [0.25, 0.3) is 0 Å². The Morgan fingerprint density at radius 1 is 1.36 bits per heavy atom. The van der Waals surface area contributed by atoms with Gasteiger partial charge in [-0.15, -0.1) is 0 Å². The van der Waals surface area contributed by atoms with Crippen molar-refractivity contribution in [3.8, 4) is 0 Å². The molecule has 0 atom stereocenters. The van der Waals surface area contributed by atoms with E-state index in [9.17, 15) is 0 Å². The summed E-state index contributed by atoms with van der Waals surface area (Å²) in [6.07, 6.45) is 0. The van der Waals surface area contributed by atoms with Crippen LogP contribution in [0.2, 0.25) is 0 Å². The second kappa shape index (κ2) is 4.91. The van der Waals surface area contributed by atoms with Crippen LogP contribution >= 0.6 is 0 Å². The molecule has 4 nitrogen and oxygen atoms in total. The molecule has 0 unspecified atom stereocenters. The van der Waals surface area contributed by atoms with Gasteiger partial charge in [0.05, 0.1) is 5.69 Å². The number of aryl methyl sites for hydroxylation is 1. The normalized spacial score (nSPS) is 10.6. The Morgan fingerprint density at radius 3 is 2.64 bits per heavy atom. The van der Waals surface area contributed by atoms with Crippen LogP contribution in [0, 0.1) is 6.92 Å². The van der Waals surface area contributed by atoms with E-state index in [1.54, 1.807) is 0 Å². The predicted molar refractivity (Wildman–Crippen MR) is 58.3 cm³/mol. The van der Waals surface area contributed by atoms with Crippen molar-refractivity contribution in [3.05, 3.63) is 17.5 Å². The van der Waals surface area contributed by atoms with E-state index in [1.165, 1.54) is 0 Å². The largest absolute Gasteiger partial charge is 0.357 e. The molecule has 1 heterocycles. The van der Waals surface area contributed by atoms with Crippen molar-refractivity contribution in [2.45, 2.75) is 33.4 Å². The summed E-state index contributed by atoms with van der Waals surface area (Å²) in [4.78, 5) is 8.57. The Balaban J connectivity index is 2.71. The van der Waals surface area contributed by atoms with E-state index < -0.39 is 0 Å². The van der Waals surface area contributed by atoms with Crippen LogP contribution in [0.4, 0.5) is 5.95 Å². The van der Waals surface area contributed by atoms with Crippen LogP contribution in [0.25, 0.3) is 0 Å². The lowest BCUT2D eigenvalue weighted by Gasteiger charge is -2.09. The molecule has 0 amide bonds. The molecular weight excluding hydrogens is 176 g/mol. The van der Waals surface area contributed by atoms with Crippen molar-refractivity contribution >= 4 is 5.95 Å². The minimum atomic E-state index is 0.475. The zero-order chi connectivity index (χ0) is 10.6. The van der Waals surface area contributed by atoms with E-state index in [0.29, 0.717) is 12.0 Å². The molecule has 0 aliphatic rings. The molecule has 2 N–H and O–H groups in total. The molecule has 0 bridgehead atoms. The molecule has 0 fully saturated rings. The molecule has 0 aliphatic heterocycles. The predicted octanol–water partition coefficient (Wildman–Crippen LogP) is 1.32. The van der Waals surface area contributed by atoms with E-state index in [4.69, 9.17) is 0 Å². The van der Waals surface area contributed by atoms with E-state index in [-0.39, 0.29) is 0 Å². The first kappa shape index (κ1) is 10.9.